The van der Waals surface area contributed by atoms with Crippen molar-refractivity contribution in [3.63, 3.8) is 0 Å². The number of benzene rings is 1. The third kappa shape index (κ3) is 5.47. The monoisotopic (exact) mass is 506 g/mol. The Morgan fingerprint density at radius 1 is 1.19 bits per heavy atom. The Labute approximate surface area is 211 Å². The molecule has 1 aromatic carbocycles. The van der Waals surface area contributed by atoms with E-state index >= 15 is 0 Å². The minimum Gasteiger partial charge on any atom is -0.396 e. The molecule has 4 aromatic rings. The van der Waals surface area contributed by atoms with E-state index < -0.39 is 15.7 Å². The molecule has 1 unspecified atom stereocenters. The number of amides is 1. The SMILES string of the molecule is CCC(CCCO)c1cc(S(C)(=O)=O)cnc1C(=O)Nc1ccc(-c2cn3cccc(C)c3n2)cc1. The number of rotatable bonds is 9. The van der Waals surface area contributed by atoms with Crippen LogP contribution in [0.15, 0.2) is 66.0 Å². The lowest BCUT2D eigenvalue weighted by molar-refractivity contribution is 0.102. The van der Waals surface area contributed by atoms with E-state index in [1.807, 2.05) is 54.9 Å². The summed E-state index contributed by atoms with van der Waals surface area (Å²) in [4.78, 5) is 22.2. The molecule has 1 atom stereocenters. The number of aryl methyl sites for hydroxylation is 1. The van der Waals surface area contributed by atoms with Gasteiger partial charge in [0.05, 0.1) is 10.6 Å². The van der Waals surface area contributed by atoms with E-state index in [1.54, 1.807) is 12.1 Å². The van der Waals surface area contributed by atoms with E-state index in [2.05, 4.69) is 10.3 Å². The number of pyridine rings is 2. The van der Waals surface area contributed by atoms with Gasteiger partial charge < -0.3 is 14.8 Å². The van der Waals surface area contributed by atoms with Crippen molar-refractivity contribution in [2.75, 3.05) is 18.2 Å². The number of aromatic nitrogens is 3. The van der Waals surface area contributed by atoms with Gasteiger partial charge in [-0.15, -0.1) is 0 Å². The van der Waals surface area contributed by atoms with E-state index in [-0.39, 0.29) is 23.1 Å². The first-order valence-electron chi connectivity index (χ1n) is 11.9. The molecule has 0 radical (unpaired) electrons. The molecule has 188 valence electrons. The highest BCUT2D eigenvalue weighted by Crippen LogP contribution is 2.30. The minimum absolute atomic E-state index is 0.0233. The van der Waals surface area contributed by atoms with Crippen molar-refractivity contribution in [1.82, 2.24) is 14.4 Å². The molecule has 0 aliphatic heterocycles. The molecule has 0 saturated carbocycles. The van der Waals surface area contributed by atoms with Crippen molar-refractivity contribution in [2.24, 2.45) is 0 Å². The second kappa shape index (κ2) is 10.6. The van der Waals surface area contributed by atoms with Crippen LogP contribution in [0, 0.1) is 6.92 Å². The molecule has 4 rings (SSSR count). The fourth-order valence-electron chi connectivity index (χ4n) is 4.29. The van der Waals surface area contributed by atoms with Gasteiger partial charge >= 0.3 is 0 Å². The molecule has 2 N–H and O–H groups in total. The molecule has 0 spiro atoms. The number of sulfone groups is 1. The average Bonchev–Trinajstić information content (AvgIpc) is 3.30. The van der Waals surface area contributed by atoms with Crippen LogP contribution in [-0.4, -0.2) is 46.7 Å². The summed E-state index contributed by atoms with van der Waals surface area (Å²) >= 11 is 0. The number of nitrogens with one attached hydrogen (secondary N) is 1. The van der Waals surface area contributed by atoms with Crippen LogP contribution in [0.2, 0.25) is 0 Å². The molecule has 36 heavy (non-hydrogen) atoms. The molecule has 8 nitrogen and oxygen atoms in total. The highest BCUT2D eigenvalue weighted by Gasteiger charge is 2.23. The zero-order valence-corrected chi connectivity index (χ0v) is 21.4. The molecular weight excluding hydrogens is 476 g/mol. The summed E-state index contributed by atoms with van der Waals surface area (Å²) in [7, 11) is -3.48. The quantitative estimate of drug-likeness (QED) is 0.342. The molecule has 3 heterocycles. The summed E-state index contributed by atoms with van der Waals surface area (Å²) in [6.45, 7) is 4.01. The number of imidazole rings is 1. The molecule has 0 bridgehead atoms. The molecule has 0 aliphatic carbocycles. The lowest BCUT2D eigenvalue weighted by Gasteiger charge is -2.19. The minimum atomic E-state index is -3.48. The van der Waals surface area contributed by atoms with Gasteiger partial charge in [-0.2, -0.15) is 0 Å². The number of fused-ring (bicyclic) bond motifs is 1. The van der Waals surface area contributed by atoms with Gasteiger partial charge in [0.1, 0.15) is 11.3 Å². The van der Waals surface area contributed by atoms with E-state index in [0.29, 0.717) is 30.5 Å². The van der Waals surface area contributed by atoms with Crippen LogP contribution in [0.1, 0.15) is 53.7 Å². The lowest BCUT2D eigenvalue weighted by atomic mass is 9.90. The van der Waals surface area contributed by atoms with Gasteiger partial charge in [-0.1, -0.05) is 25.1 Å². The third-order valence-corrected chi connectivity index (χ3v) is 7.37. The van der Waals surface area contributed by atoms with Crippen molar-refractivity contribution in [1.29, 1.82) is 0 Å². The van der Waals surface area contributed by atoms with Gasteiger partial charge in [-0.25, -0.2) is 18.4 Å². The van der Waals surface area contributed by atoms with Gasteiger partial charge in [0.15, 0.2) is 9.84 Å². The van der Waals surface area contributed by atoms with Crippen LogP contribution in [0.25, 0.3) is 16.9 Å². The van der Waals surface area contributed by atoms with E-state index in [4.69, 9.17) is 4.98 Å². The Morgan fingerprint density at radius 3 is 2.58 bits per heavy atom. The van der Waals surface area contributed by atoms with Crippen LogP contribution in [-0.2, 0) is 9.84 Å². The predicted octanol–water partition coefficient (Wildman–Crippen LogP) is 4.63. The summed E-state index contributed by atoms with van der Waals surface area (Å²) in [6.07, 6.45) is 8.11. The average molecular weight is 507 g/mol. The zero-order valence-electron chi connectivity index (χ0n) is 20.6. The molecular formula is C27H30N4O4S. The number of aliphatic hydroxyl groups is 1. The summed E-state index contributed by atoms with van der Waals surface area (Å²) in [6, 6.07) is 12.9. The fourth-order valence-corrected chi connectivity index (χ4v) is 4.88. The van der Waals surface area contributed by atoms with Crippen LogP contribution >= 0.6 is 0 Å². The standard InChI is InChI=1S/C27H30N4O4S/c1-4-19(8-6-14-32)23-15-22(36(3,34)35)16-28-25(23)27(33)29-21-11-9-20(10-12-21)24-17-31-13-5-7-18(2)26(31)30-24/h5,7,9-13,15-17,19,32H,4,6,8,14H2,1-3H3,(H,29,33). The maximum absolute atomic E-state index is 13.2. The Kier molecular flexibility index (Phi) is 7.51. The van der Waals surface area contributed by atoms with Crippen molar-refractivity contribution < 1.29 is 18.3 Å². The number of aliphatic hydroxyl groups excluding tert-OH is 1. The first kappa shape index (κ1) is 25.5. The third-order valence-electron chi connectivity index (χ3n) is 6.30. The van der Waals surface area contributed by atoms with Crippen LogP contribution in [0.5, 0.6) is 0 Å². The van der Waals surface area contributed by atoms with Crippen molar-refractivity contribution in [3.05, 3.63) is 77.9 Å². The number of hydrogen-bond acceptors (Lipinski definition) is 6. The Morgan fingerprint density at radius 2 is 1.94 bits per heavy atom. The molecule has 0 aliphatic rings. The summed E-state index contributed by atoms with van der Waals surface area (Å²) < 4.78 is 26.2. The highest BCUT2D eigenvalue weighted by atomic mass is 32.2. The van der Waals surface area contributed by atoms with Gasteiger partial charge in [-0.05, 0) is 67.5 Å². The Balaban J connectivity index is 1.60. The van der Waals surface area contributed by atoms with Gasteiger partial charge in [0, 0.05) is 42.7 Å². The number of carbonyl (C=O) groups is 1. The molecule has 0 saturated heterocycles. The maximum Gasteiger partial charge on any atom is 0.274 e. The first-order chi connectivity index (χ1) is 17.2. The normalized spacial score (nSPS) is 12.6. The molecule has 9 heteroatoms. The van der Waals surface area contributed by atoms with E-state index in [9.17, 15) is 18.3 Å². The Hall–Kier alpha value is -3.56. The fraction of sp³-hybridized carbons (Fsp3) is 0.296. The van der Waals surface area contributed by atoms with Gasteiger partial charge in [0.25, 0.3) is 5.91 Å². The summed E-state index contributed by atoms with van der Waals surface area (Å²) in [5, 5.41) is 12.2. The second-order valence-corrected chi connectivity index (χ2v) is 10.9. The number of nitrogens with zero attached hydrogens (tertiary/aromatic N) is 3. The van der Waals surface area contributed by atoms with Crippen LogP contribution < -0.4 is 5.32 Å². The second-order valence-electron chi connectivity index (χ2n) is 8.93. The van der Waals surface area contributed by atoms with E-state index in [1.165, 1.54) is 12.3 Å². The summed E-state index contributed by atoms with van der Waals surface area (Å²) in [5.74, 6) is -0.517. The van der Waals surface area contributed by atoms with Crippen LogP contribution in [0.3, 0.4) is 0 Å². The number of carbonyl (C=O) groups excluding carboxylic acids is 1. The number of hydrogen-bond donors (Lipinski definition) is 2. The molecule has 0 fully saturated rings. The lowest BCUT2D eigenvalue weighted by Crippen LogP contribution is -2.19. The molecule has 3 aromatic heterocycles. The highest BCUT2D eigenvalue weighted by molar-refractivity contribution is 7.90. The van der Waals surface area contributed by atoms with Gasteiger partial charge in [-0.3, -0.25) is 4.79 Å². The maximum atomic E-state index is 13.2. The largest absolute Gasteiger partial charge is 0.396 e. The predicted molar refractivity (Wildman–Crippen MR) is 140 cm³/mol. The zero-order chi connectivity index (χ0) is 25.9. The molecule has 1 amide bonds. The van der Waals surface area contributed by atoms with Crippen molar-refractivity contribution >= 4 is 27.1 Å². The van der Waals surface area contributed by atoms with Crippen molar-refractivity contribution in [3.8, 4) is 11.3 Å². The first-order valence-corrected chi connectivity index (χ1v) is 13.8. The van der Waals surface area contributed by atoms with Crippen LogP contribution in [0.4, 0.5) is 5.69 Å². The summed E-state index contributed by atoms with van der Waals surface area (Å²) in [5.41, 5.74) is 5.08. The van der Waals surface area contributed by atoms with Gasteiger partial charge in [0.2, 0.25) is 0 Å². The van der Waals surface area contributed by atoms with E-state index in [0.717, 1.165) is 28.7 Å². The van der Waals surface area contributed by atoms with Crippen molar-refractivity contribution in [2.45, 2.75) is 43.9 Å². The topological polar surface area (TPSA) is 114 Å². The number of anilines is 1. The Bertz CT molecular complexity index is 1490. The smallest absolute Gasteiger partial charge is 0.274 e.